The van der Waals surface area contributed by atoms with Crippen LogP contribution in [0, 0.1) is 27.3 Å². The number of Topliss-reactive ketones (excluding diaryl/α,β-unsaturated/α-hetero) is 2. The molecule has 4 amide bonds. The van der Waals surface area contributed by atoms with E-state index in [1.807, 2.05) is 0 Å². The predicted octanol–water partition coefficient (Wildman–Crippen LogP) is 0.0977. The first-order valence-corrected chi connectivity index (χ1v) is 25.5. The summed E-state index contributed by atoms with van der Waals surface area (Å²) in [5, 5.41) is 105. The van der Waals surface area contributed by atoms with Gasteiger partial charge >= 0.3 is 0 Å². The largest absolute Gasteiger partial charge is 0.396 e. The summed E-state index contributed by atoms with van der Waals surface area (Å²) < 4.78 is 0.693. The van der Waals surface area contributed by atoms with E-state index < -0.39 is 131 Å². The highest BCUT2D eigenvalue weighted by Gasteiger charge is 2.36. The van der Waals surface area contributed by atoms with Crippen molar-refractivity contribution < 1.29 is 79.8 Å². The number of anilines is 2. The maximum atomic E-state index is 13.8. The van der Waals surface area contributed by atoms with E-state index in [4.69, 9.17) is 0 Å². The van der Waals surface area contributed by atoms with E-state index in [9.17, 15) is 79.8 Å². The van der Waals surface area contributed by atoms with E-state index >= 15 is 0 Å². The van der Waals surface area contributed by atoms with Gasteiger partial charge in [0.2, 0.25) is 11.8 Å². The molecule has 0 fully saturated rings. The van der Waals surface area contributed by atoms with Gasteiger partial charge in [-0.05, 0) is 142 Å². The van der Waals surface area contributed by atoms with Gasteiger partial charge in [-0.2, -0.15) is 0 Å². The van der Waals surface area contributed by atoms with Crippen LogP contribution in [-0.4, -0.2) is 176 Å². The van der Waals surface area contributed by atoms with Crippen molar-refractivity contribution in [2.75, 3.05) is 69.1 Å². The lowest BCUT2D eigenvalue weighted by Crippen LogP contribution is -2.48. The average molecular weight is 1580 g/mol. The van der Waals surface area contributed by atoms with E-state index in [0.29, 0.717) is 0 Å². The fraction of sp³-hybridized carbons (Fsp3) is 0.526. The Bertz CT molecular complexity index is 1900. The van der Waals surface area contributed by atoms with Crippen LogP contribution in [0.4, 0.5) is 11.4 Å². The maximum Gasteiger partial charge on any atom is 0.253 e. The molecule has 0 aromatic heterocycles. The molecule has 0 aliphatic rings. The molecule has 2 rings (SSSR count). The van der Waals surface area contributed by atoms with Gasteiger partial charge in [0.15, 0.2) is 11.6 Å². The second-order valence-electron chi connectivity index (χ2n) is 14.2. The summed E-state index contributed by atoms with van der Waals surface area (Å²) in [6, 6.07) is -1.12. The number of carbonyl (C=O) groups is 6. The number of halogens is 6. The fourth-order valence-corrected chi connectivity index (χ4v) is 15.6. The van der Waals surface area contributed by atoms with Gasteiger partial charge in [0.1, 0.15) is 0 Å². The minimum atomic E-state index is -1.88. The summed E-state index contributed by atoms with van der Waals surface area (Å²) in [5.41, 5.74) is -0.461. The predicted molar refractivity (Wildman–Crippen MR) is 281 cm³/mol. The molecule has 26 heteroatoms. The van der Waals surface area contributed by atoms with Crippen molar-refractivity contribution in [3.05, 3.63) is 43.7 Å². The summed E-state index contributed by atoms with van der Waals surface area (Å²) in [6.07, 6.45) is -7.11. The second-order valence-corrected chi connectivity index (χ2v) is 20.7. The lowest BCUT2D eigenvalue weighted by Gasteiger charge is -2.33. The van der Waals surface area contributed by atoms with Crippen molar-refractivity contribution in [2.24, 2.45) is 5.92 Å². The van der Waals surface area contributed by atoms with Crippen molar-refractivity contribution >= 4 is 182 Å². The first-order chi connectivity index (χ1) is 30.0. The number of rotatable bonds is 25. The Hall–Kier alpha value is -0.360. The first-order valence-electron chi connectivity index (χ1n) is 19.0. The van der Waals surface area contributed by atoms with Gasteiger partial charge in [-0.25, -0.2) is 0 Å². The van der Waals surface area contributed by atoms with E-state index in [-0.39, 0.29) is 74.3 Å². The van der Waals surface area contributed by atoms with E-state index in [1.54, 1.807) is 136 Å². The van der Waals surface area contributed by atoms with E-state index in [1.165, 1.54) is 0 Å². The van der Waals surface area contributed by atoms with Gasteiger partial charge < -0.3 is 71.5 Å². The second kappa shape index (κ2) is 28.3. The molecule has 4 atom stereocenters. The third kappa shape index (κ3) is 15.3. The van der Waals surface area contributed by atoms with Gasteiger partial charge in [0, 0.05) is 77.8 Å². The fourth-order valence-electron chi connectivity index (χ4n) is 5.87. The Morgan fingerprint density at radius 3 is 1.34 bits per heavy atom. The maximum absolute atomic E-state index is 13.8. The van der Waals surface area contributed by atoms with E-state index in [0.717, 1.165) is 23.6 Å². The molecule has 0 aliphatic heterocycles. The smallest absolute Gasteiger partial charge is 0.253 e. The number of benzene rings is 2. The van der Waals surface area contributed by atoms with Crippen molar-refractivity contribution in [3.8, 4) is 0 Å². The number of aliphatic hydroxyl groups excluding tert-OH is 10. The number of aliphatic hydroxyl groups is 10. The summed E-state index contributed by atoms with van der Waals surface area (Å²) in [7, 11) is 0. The van der Waals surface area contributed by atoms with Gasteiger partial charge in [0.05, 0.1) is 99.6 Å². The average Bonchev–Trinajstić information content (AvgIpc) is 3.24. The Balaban J connectivity index is 2.82. The van der Waals surface area contributed by atoms with E-state index in [2.05, 4.69) is 10.6 Å². The first kappa shape index (κ1) is 59.8. The standard InChI is InChI=1S/C38H48I6N4O16/c1-15(55)47(35-31(41)25(21(59)4-3-19(57)13-53)29(39)26(32(35)42)22(60)5-17(9-49)10-50)7-23(61)24(62)8-48(16(2)56)36-33(43)27(37(63)45-6-20(58)14-54)30(40)28(34(36)44)38(64)46-18(11-51)12-52/h17-20,23-24,49-54,57-58,61-62H,3-14H2,1-2H3,(H,45,63)(H,46,64). The molecule has 0 heterocycles. The molecule has 4 unspecified atom stereocenters. The number of hydrogen-bond acceptors (Lipinski definition) is 16. The number of hydrogen-bond donors (Lipinski definition) is 12. The zero-order valence-corrected chi connectivity index (χ0v) is 47.0. The van der Waals surface area contributed by atoms with Crippen molar-refractivity contribution in [1.29, 1.82) is 0 Å². The Kier molecular flexibility index (Phi) is 26.5. The molecule has 358 valence electrons. The highest BCUT2D eigenvalue weighted by Crippen LogP contribution is 2.41. The minimum absolute atomic E-state index is 0.00818. The molecule has 0 saturated carbocycles. The normalized spacial score (nSPS) is 13.4. The molecule has 0 spiro atoms. The third-order valence-electron chi connectivity index (χ3n) is 9.47. The number of ketones is 2. The highest BCUT2D eigenvalue weighted by molar-refractivity contribution is 14.1. The molecule has 0 aliphatic carbocycles. The SMILES string of the molecule is CC(=O)N(CC(O)C(O)CN(C(C)=O)c1c(I)c(C(=O)NCC(O)CO)c(I)c(C(=O)NC(CO)CO)c1I)c1c(I)c(C(=O)CCC(O)CO)c(I)c(C(=O)CC(CO)CO)c1I. The molecular formula is C38H48I6N4O16. The van der Waals surface area contributed by atoms with Crippen LogP contribution >= 0.6 is 136 Å². The molecule has 20 nitrogen and oxygen atoms in total. The monoisotopic (exact) mass is 1580 g/mol. The molecule has 2 aromatic carbocycles. The van der Waals surface area contributed by atoms with Crippen LogP contribution in [0.25, 0.3) is 0 Å². The van der Waals surface area contributed by atoms with Crippen LogP contribution in [-0.2, 0) is 9.59 Å². The quantitative estimate of drug-likeness (QED) is 0.0463. The van der Waals surface area contributed by atoms with Gasteiger partial charge in [-0.3, -0.25) is 28.8 Å². The summed E-state index contributed by atoms with van der Waals surface area (Å²) in [5.74, 6) is -5.18. The summed E-state index contributed by atoms with van der Waals surface area (Å²) >= 11 is 10.6. The molecular weight excluding hydrogens is 1530 g/mol. The van der Waals surface area contributed by atoms with Gasteiger partial charge in [-0.15, -0.1) is 0 Å². The molecule has 12 N–H and O–H groups in total. The number of nitrogens with zero attached hydrogens (tertiary/aromatic N) is 2. The highest BCUT2D eigenvalue weighted by atomic mass is 127. The Morgan fingerprint density at radius 2 is 0.938 bits per heavy atom. The van der Waals surface area contributed by atoms with Crippen LogP contribution < -0.4 is 20.4 Å². The Labute approximate surface area is 449 Å². The lowest BCUT2D eigenvalue weighted by atomic mass is 9.95. The lowest BCUT2D eigenvalue weighted by molar-refractivity contribution is -0.118. The molecule has 64 heavy (non-hydrogen) atoms. The van der Waals surface area contributed by atoms with Crippen LogP contribution in [0.2, 0.25) is 0 Å². The van der Waals surface area contributed by atoms with Crippen molar-refractivity contribution in [3.63, 3.8) is 0 Å². The van der Waals surface area contributed by atoms with Gasteiger partial charge in [-0.1, -0.05) is 0 Å². The summed E-state index contributed by atoms with van der Waals surface area (Å²) in [6.45, 7) is -3.24. The minimum Gasteiger partial charge on any atom is -0.396 e. The zero-order chi connectivity index (χ0) is 48.9. The number of carbonyl (C=O) groups excluding carboxylic acids is 6. The van der Waals surface area contributed by atoms with Crippen molar-refractivity contribution in [2.45, 2.75) is 63.6 Å². The van der Waals surface area contributed by atoms with Crippen LogP contribution in [0.15, 0.2) is 0 Å². The topological polar surface area (TPSA) is 335 Å². The molecule has 0 saturated heterocycles. The zero-order valence-electron chi connectivity index (χ0n) is 34.0. The summed E-state index contributed by atoms with van der Waals surface area (Å²) in [4.78, 5) is 84.0. The number of nitrogens with one attached hydrogen (secondary N) is 2. The molecule has 2 aromatic rings. The molecule has 0 radical (unpaired) electrons. The van der Waals surface area contributed by atoms with Crippen LogP contribution in [0.5, 0.6) is 0 Å². The Morgan fingerprint density at radius 1 is 0.531 bits per heavy atom. The van der Waals surface area contributed by atoms with Gasteiger partial charge in [0.25, 0.3) is 11.8 Å². The third-order valence-corrected chi connectivity index (χ3v) is 15.8. The van der Waals surface area contributed by atoms with Crippen molar-refractivity contribution in [1.82, 2.24) is 10.6 Å². The number of amides is 4. The van der Waals surface area contributed by atoms with Crippen LogP contribution in [0.3, 0.4) is 0 Å². The molecule has 0 bridgehead atoms. The van der Waals surface area contributed by atoms with Crippen LogP contribution in [0.1, 0.15) is 74.5 Å².